The maximum Gasteiger partial charge on any atom is -0.00746 e. The first kappa shape index (κ1) is 12.3. The van der Waals surface area contributed by atoms with E-state index in [2.05, 4.69) is 38.1 Å². The molecule has 1 nitrogen and oxygen atoms in total. The van der Waals surface area contributed by atoms with E-state index in [0.717, 1.165) is 19.4 Å². The number of rotatable bonds is 6. The zero-order valence-electron chi connectivity index (χ0n) is 10.00. The molecule has 2 N–H and O–H groups in total. The van der Waals surface area contributed by atoms with Gasteiger partial charge in [-0.25, -0.2) is 0 Å². The van der Waals surface area contributed by atoms with Gasteiger partial charge in [-0.3, -0.25) is 0 Å². The minimum atomic E-state index is 0.701. The summed E-state index contributed by atoms with van der Waals surface area (Å²) in [5.74, 6) is 0.701. The number of nitrogens with two attached hydrogens (primary N) is 1. The van der Waals surface area contributed by atoms with Crippen molar-refractivity contribution in [1.82, 2.24) is 0 Å². The third-order valence-corrected chi connectivity index (χ3v) is 2.81. The van der Waals surface area contributed by atoms with Crippen molar-refractivity contribution < 1.29 is 0 Å². The molecule has 84 valence electrons. The molecular weight excluding hydrogens is 182 g/mol. The molecule has 0 aromatic heterocycles. The highest BCUT2D eigenvalue weighted by Gasteiger charge is 2.02. The molecule has 0 radical (unpaired) electrons. The summed E-state index contributed by atoms with van der Waals surface area (Å²) in [7, 11) is 0. The van der Waals surface area contributed by atoms with Gasteiger partial charge in [-0.15, -0.1) is 0 Å². The molecule has 0 saturated carbocycles. The lowest BCUT2D eigenvalue weighted by atomic mass is 9.97. The van der Waals surface area contributed by atoms with E-state index in [0.29, 0.717) is 5.92 Å². The largest absolute Gasteiger partial charge is 0.330 e. The fourth-order valence-electron chi connectivity index (χ4n) is 1.92. The highest BCUT2D eigenvalue weighted by molar-refractivity contribution is 5.22. The third kappa shape index (κ3) is 4.48. The Labute approximate surface area is 93.7 Å². The molecule has 0 heterocycles. The van der Waals surface area contributed by atoms with Crippen molar-refractivity contribution in [3.8, 4) is 0 Å². The van der Waals surface area contributed by atoms with Crippen molar-refractivity contribution in [3.05, 3.63) is 35.4 Å². The van der Waals surface area contributed by atoms with E-state index in [9.17, 15) is 0 Å². The number of aryl methyl sites for hydroxylation is 1. The fourth-order valence-corrected chi connectivity index (χ4v) is 1.92. The van der Waals surface area contributed by atoms with E-state index in [1.165, 1.54) is 24.0 Å². The Morgan fingerprint density at radius 2 is 1.73 bits per heavy atom. The first-order valence-corrected chi connectivity index (χ1v) is 6.04. The second kappa shape index (κ2) is 6.62. The summed E-state index contributed by atoms with van der Waals surface area (Å²) in [5, 5.41) is 0. The number of hydrogen-bond donors (Lipinski definition) is 1. The number of hydrogen-bond acceptors (Lipinski definition) is 1. The van der Waals surface area contributed by atoms with E-state index in [1.807, 2.05) is 0 Å². The van der Waals surface area contributed by atoms with Crippen LogP contribution in [0.3, 0.4) is 0 Å². The van der Waals surface area contributed by atoms with Gasteiger partial charge in [0, 0.05) is 0 Å². The Kier molecular flexibility index (Phi) is 5.41. The quantitative estimate of drug-likeness (QED) is 0.758. The molecule has 0 aliphatic heterocycles. The van der Waals surface area contributed by atoms with Crippen LogP contribution in [0.1, 0.15) is 37.8 Å². The van der Waals surface area contributed by atoms with Crippen molar-refractivity contribution in [3.63, 3.8) is 0 Å². The van der Waals surface area contributed by atoms with Gasteiger partial charge in [-0.2, -0.15) is 0 Å². The van der Waals surface area contributed by atoms with Crippen LogP contribution in [0.5, 0.6) is 0 Å². The maximum atomic E-state index is 5.55. The second-order valence-corrected chi connectivity index (χ2v) is 4.45. The lowest BCUT2D eigenvalue weighted by molar-refractivity contribution is 0.538. The van der Waals surface area contributed by atoms with Gasteiger partial charge in [0.2, 0.25) is 0 Å². The van der Waals surface area contributed by atoms with Gasteiger partial charge >= 0.3 is 0 Å². The molecule has 1 heteroatoms. The molecule has 15 heavy (non-hydrogen) atoms. The van der Waals surface area contributed by atoms with Crippen LogP contribution in [0.2, 0.25) is 0 Å². The molecule has 1 unspecified atom stereocenters. The average molecular weight is 205 g/mol. The van der Waals surface area contributed by atoms with Gasteiger partial charge in [0.1, 0.15) is 0 Å². The Hall–Kier alpha value is -0.820. The van der Waals surface area contributed by atoms with E-state index in [4.69, 9.17) is 5.73 Å². The second-order valence-electron chi connectivity index (χ2n) is 4.45. The Bertz CT molecular complexity index is 263. The predicted molar refractivity (Wildman–Crippen MR) is 67.0 cm³/mol. The first-order chi connectivity index (χ1) is 7.26. The van der Waals surface area contributed by atoms with Crippen molar-refractivity contribution in [1.29, 1.82) is 0 Å². The van der Waals surface area contributed by atoms with Crippen LogP contribution >= 0.6 is 0 Å². The highest BCUT2D eigenvalue weighted by atomic mass is 14.5. The SMILES string of the molecule is CCCc1ccc(CC(C)CCN)cc1. The smallest absolute Gasteiger partial charge is 0.00746 e. The minimum absolute atomic E-state index is 0.701. The Morgan fingerprint density at radius 1 is 1.13 bits per heavy atom. The topological polar surface area (TPSA) is 26.0 Å². The minimum Gasteiger partial charge on any atom is -0.330 e. The van der Waals surface area contributed by atoms with Gasteiger partial charge in [0.25, 0.3) is 0 Å². The van der Waals surface area contributed by atoms with Gasteiger partial charge in [0.05, 0.1) is 0 Å². The van der Waals surface area contributed by atoms with Crippen LogP contribution in [-0.4, -0.2) is 6.54 Å². The summed E-state index contributed by atoms with van der Waals surface area (Å²) in [5.41, 5.74) is 8.44. The molecule has 0 spiro atoms. The normalized spacial score (nSPS) is 12.7. The van der Waals surface area contributed by atoms with Crippen molar-refractivity contribution in [2.75, 3.05) is 6.54 Å². The molecular formula is C14H23N. The first-order valence-electron chi connectivity index (χ1n) is 6.04. The predicted octanol–water partition coefficient (Wildman–Crippen LogP) is 3.17. The van der Waals surface area contributed by atoms with E-state index in [1.54, 1.807) is 0 Å². The molecule has 0 fully saturated rings. The maximum absolute atomic E-state index is 5.55. The Morgan fingerprint density at radius 3 is 2.27 bits per heavy atom. The van der Waals surface area contributed by atoms with Gasteiger partial charge in [-0.1, -0.05) is 44.5 Å². The molecule has 1 rings (SSSR count). The molecule has 1 aromatic rings. The standard InChI is InChI=1S/C14H23N/c1-3-4-13-5-7-14(8-6-13)11-12(2)9-10-15/h5-8,12H,3-4,9-11,15H2,1-2H3. The number of benzene rings is 1. The van der Waals surface area contributed by atoms with Crippen LogP contribution in [-0.2, 0) is 12.8 Å². The summed E-state index contributed by atoms with van der Waals surface area (Å²) < 4.78 is 0. The van der Waals surface area contributed by atoms with Gasteiger partial charge in [-0.05, 0) is 42.9 Å². The summed E-state index contributed by atoms with van der Waals surface area (Å²) in [6.45, 7) is 5.29. The summed E-state index contributed by atoms with van der Waals surface area (Å²) in [4.78, 5) is 0. The Balaban J connectivity index is 2.48. The lowest BCUT2D eigenvalue weighted by Gasteiger charge is -2.10. The zero-order chi connectivity index (χ0) is 11.1. The highest BCUT2D eigenvalue weighted by Crippen LogP contribution is 2.13. The average Bonchev–Trinajstić information content (AvgIpc) is 2.22. The van der Waals surface area contributed by atoms with Crippen molar-refractivity contribution >= 4 is 0 Å². The van der Waals surface area contributed by atoms with Crippen LogP contribution < -0.4 is 5.73 Å². The van der Waals surface area contributed by atoms with E-state index < -0.39 is 0 Å². The third-order valence-electron chi connectivity index (χ3n) is 2.81. The van der Waals surface area contributed by atoms with Crippen LogP contribution in [0.25, 0.3) is 0 Å². The molecule has 0 saturated heterocycles. The molecule has 0 amide bonds. The van der Waals surface area contributed by atoms with Gasteiger partial charge in [0.15, 0.2) is 0 Å². The molecule has 0 aliphatic carbocycles. The lowest BCUT2D eigenvalue weighted by Crippen LogP contribution is -2.08. The zero-order valence-corrected chi connectivity index (χ0v) is 10.00. The van der Waals surface area contributed by atoms with Crippen molar-refractivity contribution in [2.24, 2.45) is 11.7 Å². The van der Waals surface area contributed by atoms with E-state index >= 15 is 0 Å². The molecule has 0 bridgehead atoms. The van der Waals surface area contributed by atoms with Crippen LogP contribution in [0.15, 0.2) is 24.3 Å². The molecule has 1 aromatic carbocycles. The van der Waals surface area contributed by atoms with Crippen LogP contribution in [0.4, 0.5) is 0 Å². The summed E-state index contributed by atoms with van der Waals surface area (Å²) >= 11 is 0. The summed E-state index contributed by atoms with van der Waals surface area (Å²) in [6.07, 6.45) is 4.70. The molecule has 1 atom stereocenters. The summed E-state index contributed by atoms with van der Waals surface area (Å²) in [6, 6.07) is 9.04. The fraction of sp³-hybridized carbons (Fsp3) is 0.571. The van der Waals surface area contributed by atoms with E-state index in [-0.39, 0.29) is 0 Å². The molecule has 0 aliphatic rings. The van der Waals surface area contributed by atoms with Crippen LogP contribution in [0, 0.1) is 5.92 Å². The van der Waals surface area contributed by atoms with Crippen molar-refractivity contribution in [2.45, 2.75) is 39.5 Å². The van der Waals surface area contributed by atoms with Gasteiger partial charge < -0.3 is 5.73 Å². The monoisotopic (exact) mass is 205 g/mol.